The first-order valence-corrected chi connectivity index (χ1v) is 4.87. The second-order valence-electron chi connectivity index (χ2n) is 2.19. The number of hydrogen-bond acceptors (Lipinski definition) is 4. The van der Waals surface area contributed by atoms with Gasteiger partial charge in [-0.25, -0.2) is 4.98 Å². The molecule has 0 aliphatic heterocycles. The van der Waals surface area contributed by atoms with Gasteiger partial charge in [0, 0.05) is 18.3 Å². The highest BCUT2D eigenvalue weighted by Gasteiger charge is 2.05. The third kappa shape index (κ3) is 2.86. The van der Waals surface area contributed by atoms with Crippen LogP contribution in [0.5, 0.6) is 0 Å². The van der Waals surface area contributed by atoms with Crippen LogP contribution in [0.25, 0.3) is 0 Å². The van der Waals surface area contributed by atoms with Gasteiger partial charge in [-0.05, 0) is 15.9 Å². The second-order valence-corrected chi connectivity index (χ2v) is 4.32. The number of halogens is 1. The van der Waals surface area contributed by atoms with Gasteiger partial charge in [0.05, 0.1) is 11.8 Å². The second kappa shape index (κ2) is 4.15. The van der Waals surface area contributed by atoms with Crippen molar-refractivity contribution in [2.45, 2.75) is 12.5 Å². The van der Waals surface area contributed by atoms with Gasteiger partial charge < -0.3 is 10.8 Å². The number of nitrogens with two attached hydrogens (primary N) is 1. The molecular weight excluding hydrogens is 228 g/mol. The summed E-state index contributed by atoms with van der Waals surface area (Å²) < 4.78 is 0.844. The molecule has 1 aromatic rings. The van der Waals surface area contributed by atoms with Gasteiger partial charge in [0.2, 0.25) is 0 Å². The minimum absolute atomic E-state index is 0.287. The van der Waals surface area contributed by atoms with E-state index in [-0.39, 0.29) is 6.54 Å². The lowest BCUT2D eigenvalue weighted by atomic mass is 10.2. The van der Waals surface area contributed by atoms with Gasteiger partial charge in [-0.3, -0.25) is 0 Å². The Balaban J connectivity index is 2.50. The highest BCUT2D eigenvalue weighted by Crippen LogP contribution is 2.16. The smallest absolute Gasteiger partial charge is 0.159 e. The van der Waals surface area contributed by atoms with Gasteiger partial charge in [-0.1, -0.05) is 0 Å². The van der Waals surface area contributed by atoms with E-state index in [0.29, 0.717) is 6.42 Å². The van der Waals surface area contributed by atoms with E-state index < -0.39 is 6.10 Å². The first-order chi connectivity index (χ1) is 5.22. The van der Waals surface area contributed by atoms with Gasteiger partial charge in [0.25, 0.3) is 0 Å². The van der Waals surface area contributed by atoms with Gasteiger partial charge in [-0.2, -0.15) is 0 Å². The first kappa shape index (κ1) is 9.12. The average molecular weight is 237 g/mol. The van der Waals surface area contributed by atoms with Crippen LogP contribution in [0.3, 0.4) is 0 Å². The number of thiazole rings is 1. The molecule has 1 aromatic heterocycles. The minimum atomic E-state index is -0.469. The number of aliphatic hydroxyl groups is 1. The topological polar surface area (TPSA) is 59.1 Å². The summed E-state index contributed by atoms with van der Waals surface area (Å²) in [5.74, 6) is 0. The van der Waals surface area contributed by atoms with E-state index in [1.807, 2.05) is 5.38 Å². The first-order valence-electron chi connectivity index (χ1n) is 3.20. The Morgan fingerprint density at radius 2 is 2.55 bits per heavy atom. The maximum absolute atomic E-state index is 9.14. The zero-order chi connectivity index (χ0) is 8.27. The number of aromatic nitrogens is 1. The molecule has 1 atom stereocenters. The largest absolute Gasteiger partial charge is 0.391 e. The third-order valence-electron chi connectivity index (χ3n) is 1.24. The predicted molar refractivity (Wildman–Crippen MR) is 48.6 cm³/mol. The lowest BCUT2D eigenvalue weighted by Crippen LogP contribution is -2.22. The van der Waals surface area contributed by atoms with Gasteiger partial charge in [0.15, 0.2) is 3.92 Å². The number of aliphatic hydroxyl groups excluding tert-OH is 1. The monoisotopic (exact) mass is 236 g/mol. The Hall–Kier alpha value is 0.0300. The molecule has 0 aliphatic carbocycles. The summed E-state index contributed by atoms with van der Waals surface area (Å²) in [6, 6.07) is 0. The van der Waals surface area contributed by atoms with Crippen LogP contribution in [0.4, 0.5) is 0 Å². The Labute approximate surface area is 77.4 Å². The Kier molecular flexibility index (Phi) is 3.45. The van der Waals surface area contributed by atoms with Crippen molar-refractivity contribution in [1.82, 2.24) is 4.98 Å². The van der Waals surface area contributed by atoms with Crippen molar-refractivity contribution in [3.05, 3.63) is 15.0 Å². The summed E-state index contributed by atoms with van der Waals surface area (Å²) in [6.45, 7) is 0.287. The maximum atomic E-state index is 9.14. The quantitative estimate of drug-likeness (QED) is 0.816. The fourth-order valence-electron chi connectivity index (χ4n) is 0.701. The van der Waals surface area contributed by atoms with Crippen LogP contribution < -0.4 is 5.73 Å². The molecule has 0 fully saturated rings. The highest BCUT2D eigenvalue weighted by atomic mass is 79.9. The van der Waals surface area contributed by atoms with E-state index in [1.165, 1.54) is 11.3 Å². The predicted octanol–water partition coefficient (Wildman–Crippen LogP) is 0.768. The van der Waals surface area contributed by atoms with Crippen molar-refractivity contribution >= 4 is 27.3 Å². The van der Waals surface area contributed by atoms with Crippen LogP contribution in [0.2, 0.25) is 0 Å². The molecule has 62 valence electrons. The molecule has 0 radical (unpaired) electrons. The van der Waals surface area contributed by atoms with Crippen LogP contribution >= 0.6 is 27.3 Å². The molecule has 0 aromatic carbocycles. The number of nitrogens with zero attached hydrogens (tertiary/aromatic N) is 1. The van der Waals surface area contributed by atoms with Crippen molar-refractivity contribution in [2.24, 2.45) is 5.73 Å². The summed E-state index contributed by atoms with van der Waals surface area (Å²) in [7, 11) is 0. The summed E-state index contributed by atoms with van der Waals surface area (Å²) in [4.78, 5) is 4.12. The molecule has 3 nitrogen and oxygen atoms in total. The number of hydrogen-bond donors (Lipinski definition) is 2. The van der Waals surface area contributed by atoms with Crippen molar-refractivity contribution in [1.29, 1.82) is 0 Å². The third-order valence-corrected chi connectivity index (χ3v) is 2.65. The molecule has 0 bridgehead atoms. The molecular formula is C6H9BrN2OS. The maximum Gasteiger partial charge on any atom is 0.159 e. The Morgan fingerprint density at radius 1 is 1.82 bits per heavy atom. The molecule has 0 spiro atoms. The minimum Gasteiger partial charge on any atom is -0.391 e. The van der Waals surface area contributed by atoms with Gasteiger partial charge in [-0.15, -0.1) is 11.3 Å². The average Bonchev–Trinajstić information content (AvgIpc) is 2.35. The van der Waals surface area contributed by atoms with Crippen LogP contribution in [0.15, 0.2) is 9.30 Å². The molecule has 1 unspecified atom stereocenters. The van der Waals surface area contributed by atoms with Gasteiger partial charge in [0.1, 0.15) is 0 Å². The molecule has 1 heterocycles. The Morgan fingerprint density at radius 3 is 3.00 bits per heavy atom. The SMILES string of the molecule is NCC(O)Cc1csc(Br)n1. The zero-order valence-corrected chi connectivity index (χ0v) is 8.23. The summed E-state index contributed by atoms with van der Waals surface area (Å²) in [5.41, 5.74) is 6.13. The van der Waals surface area contributed by atoms with Crippen molar-refractivity contribution < 1.29 is 5.11 Å². The van der Waals surface area contributed by atoms with E-state index >= 15 is 0 Å². The molecule has 0 amide bonds. The standard InChI is InChI=1S/C6H9BrN2OS/c7-6-9-4(3-11-6)1-5(10)2-8/h3,5,10H,1-2,8H2. The molecule has 11 heavy (non-hydrogen) atoms. The summed E-state index contributed by atoms with van der Waals surface area (Å²) in [5, 5.41) is 11.1. The van der Waals surface area contributed by atoms with Crippen LogP contribution in [0.1, 0.15) is 5.69 Å². The fraction of sp³-hybridized carbons (Fsp3) is 0.500. The molecule has 1 rings (SSSR count). The van der Waals surface area contributed by atoms with E-state index in [0.717, 1.165) is 9.61 Å². The van der Waals surface area contributed by atoms with Crippen molar-refractivity contribution in [2.75, 3.05) is 6.54 Å². The molecule has 0 saturated carbocycles. The highest BCUT2D eigenvalue weighted by molar-refractivity contribution is 9.11. The van der Waals surface area contributed by atoms with E-state index in [4.69, 9.17) is 10.8 Å². The number of rotatable bonds is 3. The van der Waals surface area contributed by atoms with E-state index in [2.05, 4.69) is 20.9 Å². The molecule has 0 saturated heterocycles. The van der Waals surface area contributed by atoms with Crippen LogP contribution in [-0.2, 0) is 6.42 Å². The van der Waals surface area contributed by atoms with E-state index in [9.17, 15) is 0 Å². The van der Waals surface area contributed by atoms with Crippen LogP contribution in [0, 0.1) is 0 Å². The summed E-state index contributed by atoms with van der Waals surface area (Å²) in [6.07, 6.45) is 0.0718. The van der Waals surface area contributed by atoms with Crippen molar-refractivity contribution in [3.8, 4) is 0 Å². The Bertz CT molecular complexity index is 228. The zero-order valence-electron chi connectivity index (χ0n) is 5.83. The van der Waals surface area contributed by atoms with Gasteiger partial charge >= 0.3 is 0 Å². The van der Waals surface area contributed by atoms with Crippen molar-refractivity contribution in [3.63, 3.8) is 0 Å². The normalized spacial score (nSPS) is 13.4. The summed E-state index contributed by atoms with van der Waals surface area (Å²) >= 11 is 4.75. The molecule has 5 heteroatoms. The fourth-order valence-corrected chi connectivity index (χ4v) is 1.76. The molecule has 3 N–H and O–H groups in total. The van der Waals surface area contributed by atoms with Crippen LogP contribution in [-0.4, -0.2) is 22.7 Å². The lowest BCUT2D eigenvalue weighted by Gasteiger charge is -2.02. The van der Waals surface area contributed by atoms with E-state index in [1.54, 1.807) is 0 Å². The lowest BCUT2D eigenvalue weighted by molar-refractivity contribution is 0.182. The molecule has 0 aliphatic rings.